The van der Waals surface area contributed by atoms with Crippen molar-refractivity contribution in [3.05, 3.63) is 35.5 Å². The molecule has 1 N–H and O–H groups in total. The Bertz CT molecular complexity index is 521. The van der Waals surface area contributed by atoms with Crippen LogP contribution in [0.3, 0.4) is 0 Å². The SMILES string of the molecule is COc1ccc2nc(C)ccc2c1C(C)O. The summed E-state index contributed by atoms with van der Waals surface area (Å²) in [4.78, 5) is 4.43. The predicted molar refractivity (Wildman–Crippen MR) is 63.7 cm³/mol. The molecule has 84 valence electrons. The molecule has 0 amide bonds. The molecule has 0 aliphatic rings. The molecule has 0 fully saturated rings. The monoisotopic (exact) mass is 217 g/mol. The minimum atomic E-state index is -0.567. The molecule has 0 saturated heterocycles. The maximum Gasteiger partial charge on any atom is 0.125 e. The van der Waals surface area contributed by atoms with Gasteiger partial charge in [0, 0.05) is 16.6 Å². The molecular formula is C13H15NO2. The number of nitrogens with zero attached hydrogens (tertiary/aromatic N) is 1. The first-order valence-electron chi connectivity index (χ1n) is 5.26. The molecule has 1 heterocycles. The van der Waals surface area contributed by atoms with Gasteiger partial charge in [0.05, 0.1) is 18.7 Å². The highest BCUT2D eigenvalue weighted by Gasteiger charge is 2.13. The van der Waals surface area contributed by atoms with Crippen LogP contribution in [0.25, 0.3) is 10.9 Å². The second-order valence-corrected chi connectivity index (χ2v) is 3.88. The number of rotatable bonds is 2. The quantitative estimate of drug-likeness (QED) is 0.840. The lowest BCUT2D eigenvalue weighted by Gasteiger charge is -2.14. The highest BCUT2D eigenvalue weighted by Crippen LogP contribution is 2.32. The Morgan fingerprint density at radius 1 is 1.25 bits per heavy atom. The average molecular weight is 217 g/mol. The first-order chi connectivity index (χ1) is 7.63. The predicted octanol–water partition coefficient (Wildman–Crippen LogP) is 2.61. The van der Waals surface area contributed by atoms with Crippen LogP contribution < -0.4 is 4.74 Å². The number of methoxy groups -OCH3 is 1. The van der Waals surface area contributed by atoms with E-state index in [1.165, 1.54) is 0 Å². The van der Waals surface area contributed by atoms with Gasteiger partial charge in [0.25, 0.3) is 0 Å². The normalized spacial score (nSPS) is 12.8. The Hall–Kier alpha value is -1.61. The lowest BCUT2D eigenvalue weighted by Crippen LogP contribution is -1.99. The van der Waals surface area contributed by atoms with E-state index in [9.17, 15) is 5.11 Å². The molecule has 2 rings (SSSR count). The highest BCUT2D eigenvalue weighted by atomic mass is 16.5. The maximum atomic E-state index is 9.80. The third-order valence-corrected chi connectivity index (χ3v) is 2.65. The van der Waals surface area contributed by atoms with Crippen LogP contribution in [-0.4, -0.2) is 17.2 Å². The van der Waals surface area contributed by atoms with E-state index in [0.29, 0.717) is 5.75 Å². The van der Waals surface area contributed by atoms with Crippen LogP contribution in [0.4, 0.5) is 0 Å². The molecule has 0 spiro atoms. The van der Waals surface area contributed by atoms with Crippen molar-refractivity contribution in [2.45, 2.75) is 20.0 Å². The molecule has 0 aliphatic carbocycles. The first-order valence-corrected chi connectivity index (χ1v) is 5.26. The minimum Gasteiger partial charge on any atom is -0.496 e. The second kappa shape index (κ2) is 4.10. The number of benzene rings is 1. The first kappa shape index (κ1) is 10.9. The van der Waals surface area contributed by atoms with Gasteiger partial charge in [-0.15, -0.1) is 0 Å². The fourth-order valence-corrected chi connectivity index (χ4v) is 1.92. The summed E-state index contributed by atoms with van der Waals surface area (Å²) < 4.78 is 5.26. The Morgan fingerprint density at radius 2 is 2.00 bits per heavy atom. The molecule has 3 nitrogen and oxygen atoms in total. The summed E-state index contributed by atoms with van der Waals surface area (Å²) in [5, 5.41) is 10.7. The van der Waals surface area contributed by atoms with Crippen molar-refractivity contribution in [1.29, 1.82) is 0 Å². The van der Waals surface area contributed by atoms with Crippen LogP contribution in [0.5, 0.6) is 5.75 Å². The van der Waals surface area contributed by atoms with Gasteiger partial charge in [0.15, 0.2) is 0 Å². The Morgan fingerprint density at radius 3 is 2.62 bits per heavy atom. The lowest BCUT2D eigenvalue weighted by molar-refractivity contribution is 0.196. The Kier molecular flexibility index (Phi) is 2.79. The number of aryl methyl sites for hydroxylation is 1. The van der Waals surface area contributed by atoms with Gasteiger partial charge in [-0.05, 0) is 32.0 Å². The lowest BCUT2D eigenvalue weighted by atomic mass is 10.0. The highest BCUT2D eigenvalue weighted by molar-refractivity contribution is 5.85. The summed E-state index contributed by atoms with van der Waals surface area (Å²) >= 11 is 0. The Labute approximate surface area is 94.7 Å². The molecule has 0 aliphatic heterocycles. The number of ether oxygens (including phenoxy) is 1. The smallest absolute Gasteiger partial charge is 0.125 e. The van der Waals surface area contributed by atoms with Gasteiger partial charge in [-0.25, -0.2) is 0 Å². The van der Waals surface area contributed by atoms with Crippen molar-refractivity contribution in [3.63, 3.8) is 0 Å². The molecule has 1 atom stereocenters. The van der Waals surface area contributed by atoms with Crippen molar-refractivity contribution in [2.75, 3.05) is 7.11 Å². The molecular weight excluding hydrogens is 202 g/mol. The third-order valence-electron chi connectivity index (χ3n) is 2.65. The van der Waals surface area contributed by atoms with Crippen molar-refractivity contribution >= 4 is 10.9 Å². The molecule has 1 aromatic heterocycles. The third kappa shape index (κ3) is 1.74. The van der Waals surface area contributed by atoms with Crippen LogP contribution in [0.1, 0.15) is 24.3 Å². The largest absolute Gasteiger partial charge is 0.496 e. The van der Waals surface area contributed by atoms with Crippen LogP contribution in [0.15, 0.2) is 24.3 Å². The summed E-state index contributed by atoms with van der Waals surface area (Å²) in [6, 6.07) is 7.67. The number of hydrogen-bond acceptors (Lipinski definition) is 3. The van der Waals surface area contributed by atoms with E-state index < -0.39 is 6.10 Å². The zero-order chi connectivity index (χ0) is 11.7. The molecule has 0 radical (unpaired) electrons. The van der Waals surface area contributed by atoms with Crippen LogP contribution >= 0.6 is 0 Å². The summed E-state index contributed by atoms with van der Waals surface area (Å²) in [5.74, 6) is 0.702. The molecule has 0 bridgehead atoms. The van der Waals surface area contributed by atoms with Crippen molar-refractivity contribution < 1.29 is 9.84 Å². The van der Waals surface area contributed by atoms with E-state index >= 15 is 0 Å². The standard InChI is InChI=1S/C13H15NO2/c1-8-4-5-10-11(14-8)6-7-12(16-3)13(10)9(2)15/h4-7,9,15H,1-3H3. The fourth-order valence-electron chi connectivity index (χ4n) is 1.92. The number of pyridine rings is 1. The summed E-state index contributed by atoms with van der Waals surface area (Å²) in [6.07, 6.45) is -0.567. The van der Waals surface area contributed by atoms with E-state index in [-0.39, 0.29) is 0 Å². The number of aromatic nitrogens is 1. The van der Waals surface area contributed by atoms with E-state index in [2.05, 4.69) is 4.98 Å². The van der Waals surface area contributed by atoms with Crippen molar-refractivity contribution in [2.24, 2.45) is 0 Å². The van der Waals surface area contributed by atoms with Crippen molar-refractivity contribution in [3.8, 4) is 5.75 Å². The number of fused-ring (bicyclic) bond motifs is 1. The van der Waals surface area contributed by atoms with Crippen LogP contribution in [0.2, 0.25) is 0 Å². The van der Waals surface area contributed by atoms with Gasteiger partial charge >= 0.3 is 0 Å². The summed E-state index contributed by atoms with van der Waals surface area (Å²) in [6.45, 7) is 3.68. The topological polar surface area (TPSA) is 42.4 Å². The average Bonchev–Trinajstić information content (AvgIpc) is 2.26. The number of hydrogen-bond donors (Lipinski definition) is 1. The number of aliphatic hydroxyl groups is 1. The van der Waals surface area contributed by atoms with Gasteiger partial charge in [-0.1, -0.05) is 6.07 Å². The van der Waals surface area contributed by atoms with E-state index in [1.54, 1.807) is 14.0 Å². The zero-order valence-corrected chi connectivity index (χ0v) is 9.69. The molecule has 0 saturated carbocycles. The van der Waals surface area contributed by atoms with Gasteiger partial charge < -0.3 is 9.84 Å². The van der Waals surface area contributed by atoms with E-state index in [1.807, 2.05) is 31.2 Å². The summed E-state index contributed by atoms with van der Waals surface area (Å²) in [7, 11) is 1.61. The van der Waals surface area contributed by atoms with Gasteiger partial charge in [0.1, 0.15) is 5.75 Å². The van der Waals surface area contributed by atoms with Crippen LogP contribution in [-0.2, 0) is 0 Å². The zero-order valence-electron chi connectivity index (χ0n) is 9.69. The van der Waals surface area contributed by atoms with Crippen molar-refractivity contribution in [1.82, 2.24) is 4.98 Å². The maximum absolute atomic E-state index is 9.80. The van der Waals surface area contributed by atoms with Gasteiger partial charge in [-0.2, -0.15) is 0 Å². The second-order valence-electron chi connectivity index (χ2n) is 3.88. The van der Waals surface area contributed by atoms with Gasteiger partial charge in [0.2, 0.25) is 0 Å². The molecule has 1 aromatic carbocycles. The molecule has 2 aromatic rings. The summed E-state index contributed by atoms with van der Waals surface area (Å²) in [5.41, 5.74) is 2.65. The fraction of sp³-hybridized carbons (Fsp3) is 0.308. The molecule has 3 heteroatoms. The van der Waals surface area contributed by atoms with E-state index in [0.717, 1.165) is 22.2 Å². The molecule has 16 heavy (non-hydrogen) atoms. The van der Waals surface area contributed by atoms with Gasteiger partial charge in [-0.3, -0.25) is 4.98 Å². The minimum absolute atomic E-state index is 0.567. The van der Waals surface area contributed by atoms with E-state index in [4.69, 9.17) is 4.74 Å². The number of aliphatic hydroxyl groups excluding tert-OH is 1. The Balaban J connectivity index is 2.79. The molecule has 1 unspecified atom stereocenters. The van der Waals surface area contributed by atoms with Crippen LogP contribution in [0, 0.1) is 6.92 Å².